The van der Waals surface area contributed by atoms with Crippen LogP contribution in [-0.2, 0) is 11.2 Å². The molecule has 0 bridgehead atoms. The summed E-state index contributed by atoms with van der Waals surface area (Å²) in [4.78, 5) is 28.0. The van der Waals surface area contributed by atoms with Crippen molar-refractivity contribution in [2.45, 2.75) is 25.3 Å². The van der Waals surface area contributed by atoms with E-state index in [4.69, 9.17) is 13.9 Å². The number of carbonyl (C=O) groups is 2. The van der Waals surface area contributed by atoms with Crippen LogP contribution in [0.4, 0.5) is 4.39 Å². The van der Waals surface area contributed by atoms with E-state index in [9.17, 15) is 14.0 Å². The highest BCUT2D eigenvalue weighted by Crippen LogP contribution is 2.25. The molecular weight excluding hydrogens is 487 g/mol. The molecule has 2 heterocycles. The predicted octanol–water partition coefficient (Wildman–Crippen LogP) is 4.77. The fourth-order valence-electron chi connectivity index (χ4n) is 4.76. The van der Waals surface area contributed by atoms with Gasteiger partial charge in [-0.1, -0.05) is 0 Å². The van der Waals surface area contributed by atoms with Crippen LogP contribution in [0.5, 0.6) is 11.5 Å². The fraction of sp³-hybridized carbons (Fsp3) is 0.333. The lowest BCUT2D eigenvalue weighted by molar-refractivity contribution is -0.117. The number of ether oxygens (including phenoxy) is 2. The van der Waals surface area contributed by atoms with Crippen LogP contribution >= 0.6 is 0 Å². The van der Waals surface area contributed by atoms with E-state index in [-0.39, 0.29) is 29.5 Å². The van der Waals surface area contributed by atoms with Crippen LogP contribution in [0.1, 0.15) is 34.5 Å². The number of likely N-dealkylation sites (tertiary alicyclic amines) is 1. The van der Waals surface area contributed by atoms with Crippen molar-refractivity contribution in [3.05, 3.63) is 89.6 Å². The highest BCUT2D eigenvalue weighted by atomic mass is 19.1. The van der Waals surface area contributed by atoms with Gasteiger partial charge in [-0.25, -0.2) is 4.39 Å². The zero-order valence-electron chi connectivity index (χ0n) is 21.7. The van der Waals surface area contributed by atoms with Gasteiger partial charge in [-0.2, -0.15) is 0 Å². The first-order valence-corrected chi connectivity index (χ1v) is 12.7. The Morgan fingerprint density at radius 3 is 2.53 bits per heavy atom. The van der Waals surface area contributed by atoms with E-state index in [1.807, 2.05) is 12.1 Å². The van der Waals surface area contributed by atoms with Crippen molar-refractivity contribution in [1.82, 2.24) is 10.2 Å². The van der Waals surface area contributed by atoms with Gasteiger partial charge in [0, 0.05) is 42.1 Å². The molecule has 38 heavy (non-hydrogen) atoms. The van der Waals surface area contributed by atoms with Crippen LogP contribution in [0, 0.1) is 11.7 Å². The molecule has 1 atom stereocenters. The first-order chi connectivity index (χ1) is 18.4. The molecular formula is C30H33FN2O5. The Morgan fingerprint density at radius 2 is 1.87 bits per heavy atom. The maximum absolute atomic E-state index is 13.2. The number of furan rings is 1. The second-order valence-corrected chi connectivity index (χ2v) is 9.38. The van der Waals surface area contributed by atoms with Crippen LogP contribution in [0.2, 0.25) is 0 Å². The number of rotatable bonds is 11. The molecule has 1 aliphatic heterocycles. The van der Waals surface area contributed by atoms with E-state index in [1.54, 1.807) is 56.9 Å². The first-order valence-electron chi connectivity index (χ1n) is 12.7. The van der Waals surface area contributed by atoms with Crippen molar-refractivity contribution in [2.24, 2.45) is 5.92 Å². The quantitative estimate of drug-likeness (QED) is 0.290. The summed E-state index contributed by atoms with van der Waals surface area (Å²) in [5, 5.41) is 3.10. The summed E-state index contributed by atoms with van der Waals surface area (Å²) < 4.78 is 29.4. The number of halogens is 1. The Bertz CT molecular complexity index is 1230. The Balaban J connectivity index is 1.37. The molecule has 0 spiro atoms. The van der Waals surface area contributed by atoms with Crippen molar-refractivity contribution in [1.29, 1.82) is 0 Å². The van der Waals surface area contributed by atoms with Gasteiger partial charge in [-0.15, -0.1) is 0 Å². The zero-order chi connectivity index (χ0) is 26.9. The number of amides is 1. The van der Waals surface area contributed by atoms with E-state index >= 15 is 0 Å². The van der Waals surface area contributed by atoms with E-state index in [1.165, 1.54) is 18.2 Å². The second-order valence-electron chi connectivity index (χ2n) is 9.38. The van der Waals surface area contributed by atoms with Crippen molar-refractivity contribution in [3.63, 3.8) is 0 Å². The lowest BCUT2D eigenvalue weighted by Crippen LogP contribution is -2.47. The number of nitrogens with zero attached hydrogens (tertiary/aromatic N) is 1. The highest BCUT2D eigenvalue weighted by molar-refractivity contribution is 5.97. The normalized spacial score (nSPS) is 15.3. The van der Waals surface area contributed by atoms with Gasteiger partial charge in [-0.05, 0) is 86.6 Å². The molecule has 1 aliphatic rings. The van der Waals surface area contributed by atoms with Gasteiger partial charge in [0.25, 0.3) is 0 Å². The molecule has 2 aromatic carbocycles. The van der Waals surface area contributed by atoms with Crippen LogP contribution < -0.4 is 14.8 Å². The molecule has 4 rings (SSSR count). The Hall–Kier alpha value is -3.91. The second kappa shape index (κ2) is 13.1. The zero-order valence-corrected chi connectivity index (χ0v) is 21.7. The number of nitrogens with one attached hydrogen (secondary N) is 1. The number of Topliss-reactive ketones (excluding diaryl/α,β-unsaturated/α-hetero) is 1. The summed E-state index contributed by atoms with van der Waals surface area (Å²) in [6.45, 7) is 2.10. The van der Waals surface area contributed by atoms with Crippen LogP contribution in [0.25, 0.3) is 6.08 Å². The minimum atomic E-state index is -0.349. The summed E-state index contributed by atoms with van der Waals surface area (Å²) in [5.74, 6) is 1.49. The molecule has 1 amide bonds. The summed E-state index contributed by atoms with van der Waals surface area (Å²) in [6, 6.07) is 14.7. The number of piperidine rings is 1. The average Bonchev–Trinajstić information content (AvgIpc) is 3.45. The van der Waals surface area contributed by atoms with Gasteiger partial charge in [0.15, 0.2) is 5.78 Å². The number of methoxy groups -OCH3 is 2. The molecule has 3 aromatic rings. The summed E-state index contributed by atoms with van der Waals surface area (Å²) in [5.41, 5.74) is 1.28. The van der Waals surface area contributed by atoms with Gasteiger partial charge in [-0.3, -0.25) is 9.59 Å². The highest BCUT2D eigenvalue weighted by Gasteiger charge is 2.27. The van der Waals surface area contributed by atoms with Gasteiger partial charge in [0.1, 0.15) is 23.1 Å². The van der Waals surface area contributed by atoms with Crippen molar-refractivity contribution >= 4 is 17.8 Å². The summed E-state index contributed by atoms with van der Waals surface area (Å²) in [7, 11) is 3.16. The largest absolute Gasteiger partial charge is 0.497 e. The Morgan fingerprint density at radius 1 is 1.11 bits per heavy atom. The molecule has 1 fully saturated rings. The number of hydrogen-bond acceptors (Lipinski definition) is 6. The monoisotopic (exact) mass is 520 g/mol. The Labute approximate surface area is 222 Å². The van der Waals surface area contributed by atoms with Gasteiger partial charge < -0.3 is 24.1 Å². The summed E-state index contributed by atoms with van der Waals surface area (Å²) in [6.07, 6.45) is 6.78. The van der Waals surface area contributed by atoms with Crippen LogP contribution in [-0.4, -0.2) is 56.5 Å². The summed E-state index contributed by atoms with van der Waals surface area (Å²) >= 11 is 0. The number of benzene rings is 2. The molecule has 0 aliphatic carbocycles. The lowest BCUT2D eigenvalue weighted by atomic mass is 9.88. The minimum absolute atomic E-state index is 0.0585. The van der Waals surface area contributed by atoms with Gasteiger partial charge >= 0.3 is 0 Å². The molecule has 0 saturated carbocycles. The molecule has 1 aromatic heterocycles. The van der Waals surface area contributed by atoms with E-state index < -0.39 is 0 Å². The van der Waals surface area contributed by atoms with Crippen molar-refractivity contribution in [3.8, 4) is 11.5 Å². The van der Waals surface area contributed by atoms with Crippen molar-refractivity contribution in [2.75, 3.05) is 33.9 Å². The molecule has 8 heteroatoms. The third-order valence-corrected chi connectivity index (χ3v) is 6.79. The maximum atomic E-state index is 13.2. The smallest absolute Gasteiger partial charge is 0.244 e. The van der Waals surface area contributed by atoms with Crippen LogP contribution in [0.15, 0.2) is 71.4 Å². The first kappa shape index (κ1) is 27.1. The molecule has 7 nitrogen and oxygen atoms in total. The minimum Gasteiger partial charge on any atom is -0.497 e. The third kappa shape index (κ3) is 7.32. The standard InChI is InChI=1S/C30H33FN2O5/c1-36-26-10-11-28(37-2)23(18-26)7-12-29(34)32-25(19-27-4-3-17-38-27)20-33-15-13-22(14-16-33)30(35)21-5-8-24(31)9-6-21/h3-12,17-18,22,25H,13-16,19-20H2,1-2H3,(H,32,34)/b12-7+. The van der Waals surface area contributed by atoms with Gasteiger partial charge in [0.05, 0.1) is 20.5 Å². The fourth-order valence-corrected chi connectivity index (χ4v) is 4.76. The van der Waals surface area contributed by atoms with E-state index in [2.05, 4.69) is 10.2 Å². The average molecular weight is 521 g/mol. The van der Waals surface area contributed by atoms with E-state index in [0.717, 1.165) is 24.4 Å². The Kier molecular flexibility index (Phi) is 9.32. The number of carbonyl (C=O) groups excluding carboxylic acids is 2. The van der Waals surface area contributed by atoms with Gasteiger partial charge in [0.2, 0.25) is 5.91 Å². The number of hydrogen-bond donors (Lipinski definition) is 1. The third-order valence-electron chi connectivity index (χ3n) is 6.79. The molecule has 1 N–H and O–H groups in total. The molecule has 1 unspecified atom stereocenters. The van der Waals surface area contributed by atoms with Crippen LogP contribution in [0.3, 0.4) is 0 Å². The predicted molar refractivity (Wildman–Crippen MR) is 143 cm³/mol. The molecule has 0 radical (unpaired) electrons. The van der Waals surface area contributed by atoms with E-state index in [0.29, 0.717) is 42.9 Å². The topological polar surface area (TPSA) is 81.0 Å². The molecule has 1 saturated heterocycles. The lowest BCUT2D eigenvalue weighted by Gasteiger charge is -2.33. The number of ketones is 1. The maximum Gasteiger partial charge on any atom is 0.244 e. The van der Waals surface area contributed by atoms with Crippen molar-refractivity contribution < 1.29 is 27.9 Å². The molecule has 200 valence electrons. The SMILES string of the molecule is COc1ccc(OC)c(/C=C/C(=O)NC(Cc2ccco2)CN2CCC(C(=O)c3ccc(F)cc3)CC2)c1.